The van der Waals surface area contributed by atoms with Crippen molar-refractivity contribution < 1.29 is 14.3 Å². The van der Waals surface area contributed by atoms with Crippen LogP contribution in [-0.4, -0.2) is 33.1 Å². The first-order chi connectivity index (χ1) is 8.04. The smallest absolute Gasteiger partial charge is 0.241 e. The molecule has 0 aliphatic carbocycles. The van der Waals surface area contributed by atoms with Crippen LogP contribution in [0.4, 0.5) is 5.69 Å². The highest BCUT2D eigenvalue weighted by atomic mass is 35.5. The van der Waals surface area contributed by atoms with E-state index in [9.17, 15) is 4.79 Å². The second kappa shape index (κ2) is 5.77. The first kappa shape index (κ1) is 13.6. The van der Waals surface area contributed by atoms with E-state index in [0.29, 0.717) is 11.5 Å². The van der Waals surface area contributed by atoms with Gasteiger partial charge in [0.05, 0.1) is 19.9 Å². The number of halogens is 1. The van der Waals surface area contributed by atoms with Crippen LogP contribution in [0.1, 0.15) is 5.56 Å². The first-order valence-corrected chi connectivity index (χ1v) is 5.63. The van der Waals surface area contributed by atoms with E-state index in [1.54, 1.807) is 27.3 Å². The highest BCUT2D eigenvalue weighted by Gasteiger charge is 2.15. The summed E-state index contributed by atoms with van der Waals surface area (Å²) in [5.41, 5.74) is 1.68. The standard InChI is InChI=1S/C12H16ClNO3/c1-8-5-10(16-3)11(17-4)6-9(8)14(2)12(15)7-13/h5-6H,7H2,1-4H3. The summed E-state index contributed by atoms with van der Waals surface area (Å²) in [5.74, 6) is 1.01. The number of anilines is 1. The summed E-state index contributed by atoms with van der Waals surface area (Å²) in [6.07, 6.45) is 0. The van der Waals surface area contributed by atoms with Crippen molar-refractivity contribution >= 4 is 23.2 Å². The molecule has 1 amide bonds. The third-order valence-corrected chi connectivity index (χ3v) is 2.78. The van der Waals surface area contributed by atoms with Crippen LogP contribution in [0.5, 0.6) is 11.5 Å². The molecule has 5 heteroatoms. The minimum Gasteiger partial charge on any atom is -0.493 e. The molecule has 1 aromatic rings. The van der Waals surface area contributed by atoms with E-state index < -0.39 is 0 Å². The minimum absolute atomic E-state index is 0.0513. The van der Waals surface area contributed by atoms with E-state index in [1.807, 2.05) is 13.0 Å². The van der Waals surface area contributed by atoms with Gasteiger partial charge in [0.2, 0.25) is 5.91 Å². The lowest BCUT2D eigenvalue weighted by Crippen LogP contribution is -2.27. The maximum atomic E-state index is 11.5. The molecule has 0 unspecified atom stereocenters. The molecule has 0 aliphatic rings. The van der Waals surface area contributed by atoms with Gasteiger partial charge in [-0.2, -0.15) is 0 Å². The van der Waals surface area contributed by atoms with Gasteiger partial charge in [0, 0.05) is 13.1 Å². The average Bonchev–Trinajstić information content (AvgIpc) is 2.36. The fourth-order valence-electron chi connectivity index (χ4n) is 1.56. The Bertz CT molecular complexity index is 420. The van der Waals surface area contributed by atoms with Crippen LogP contribution >= 0.6 is 11.6 Å². The fourth-order valence-corrected chi connectivity index (χ4v) is 1.73. The van der Waals surface area contributed by atoms with Gasteiger partial charge >= 0.3 is 0 Å². The molecule has 17 heavy (non-hydrogen) atoms. The van der Waals surface area contributed by atoms with E-state index in [-0.39, 0.29) is 11.8 Å². The predicted molar refractivity (Wildman–Crippen MR) is 68.4 cm³/mol. The van der Waals surface area contributed by atoms with Crippen LogP contribution in [0, 0.1) is 6.92 Å². The molecule has 0 bridgehead atoms. The zero-order chi connectivity index (χ0) is 13.0. The van der Waals surface area contributed by atoms with Gasteiger partial charge in [-0.1, -0.05) is 0 Å². The number of ether oxygens (including phenoxy) is 2. The molecule has 1 rings (SSSR count). The number of hydrogen-bond donors (Lipinski definition) is 0. The summed E-state index contributed by atoms with van der Waals surface area (Å²) in [6.45, 7) is 1.90. The number of alkyl halides is 1. The van der Waals surface area contributed by atoms with Crippen LogP contribution in [0.15, 0.2) is 12.1 Å². The van der Waals surface area contributed by atoms with Gasteiger partial charge in [0.15, 0.2) is 11.5 Å². The van der Waals surface area contributed by atoms with E-state index in [1.165, 1.54) is 4.90 Å². The Morgan fingerprint density at radius 2 is 1.82 bits per heavy atom. The molecule has 0 saturated carbocycles. The van der Waals surface area contributed by atoms with Crippen molar-refractivity contribution in [2.75, 3.05) is 32.0 Å². The number of rotatable bonds is 4. The van der Waals surface area contributed by atoms with Crippen LogP contribution in [0.2, 0.25) is 0 Å². The van der Waals surface area contributed by atoms with Crippen molar-refractivity contribution in [2.45, 2.75) is 6.92 Å². The molecule has 0 aliphatic heterocycles. The average molecular weight is 258 g/mol. The van der Waals surface area contributed by atoms with Crippen molar-refractivity contribution in [1.29, 1.82) is 0 Å². The number of carbonyl (C=O) groups is 1. The molecular formula is C12H16ClNO3. The largest absolute Gasteiger partial charge is 0.493 e. The summed E-state index contributed by atoms with van der Waals surface area (Å²) in [6, 6.07) is 3.59. The lowest BCUT2D eigenvalue weighted by Gasteiger charge is -2.20. The second-order valence-electron chi connectivity index (χ2n) is 3.58. The van der Waals surface area contributed by atoms with Crippen LogP contribution in [-0.2, 0) is 4.79 Å². The molecule has 0 radical (unpaired) electrons. The van der Waals surface area contributed by atoms with Crippen molar-refractivity contribution in [3.05, 3.63) is 17.7 Å². The van der Waals surface area contributed by atoms with Crippen LogP contribution in [0.25, 0.3) is 0 Å². The van der Waals surface area contributed by atoms with Crippen LogP contribution < -0.4 is 14.4 Å². The molecule has 0 saturated heterocycles. The van der Waals surface area contributed by atoms with Crippen molar-refractivity contribution in [3.63, 3.8) is 0 Å². The Hall–Kier alpha value is -1.42. The molecule has 94 valence electrons. The number of amides is 1. The number of methoxy groups -OCH3 is 2. The van der Waals surface area contributed by atoms with Gasteiger partial charge in [-0.25, -0.2) is 0 Å². The molecule has 4 nitrogen and oxygen atoms in total. The quantitative estimate of drug-likeness (QED) is 0.777. The fraction of sp³-hybridized carbons (Fsp3) is 0.417. The summed E-state index contributed by atoms with van der Waals surface area (Å²) >= 11 is 5.53. The van der Waals surface area contributed by atoms with E-state index in [0.717, 1.165) is 11.3 Å². The zero-order valence-electron chi connectivity index (χ0n) is 10.4. The lowest BCUT2D eigenvalue weighted by molar-refractivity contribution is -0.116. The summed E-state index contributed by atoms with van der Waals surface area (Å²) in [7, 11) is 4.81. The monoisotopic (exact) mass is 257 g/mol. The van der Waals surface area contributed by atoms with Gasteiger partial charge in [0.1, 0.15) is 5.88 Å². The number of aryl methyl sites for hydroxylation is 1. The molecular weight excluding hydrogens is 242 g/mol. The Morgan fingerprint density at radius 1 is 1.29 bits per heavy atom. The van der Waals surface area contributed by atoms with Gasteiger partial charge in [-0.3, -0.25) is 4.79 Å². The molecule has 0 spiro atoms. The Kier molecular flexibility index (Phi) is 4.63. The predicted octanol–water partition coefficient (Wildman–Crippen LogP) is 2.21. The van der Waals surface area contributed by atoms with E-state index >= 15 is 0 Å². The second-order valence-corrected chi connectivity index (χ2v) is 3.85. The van der Waals surface area contributed by atoms with Crippen molar-refractivity contribution in [2.24, 2.45) is 0 Å². The molecule has 0 heterocycles. The summed E-state index contributed by atoms with van der Waals surface area (Å²) in [5, 5.41) is 0. The Labute approximate surface area is 106 Å². The normalized spacial score (nSPS) is 9.94. The molecule has 1 aromatic carbocycles. The minimum atomic E-state index is -0.165. The first-order valence-electron chi connectivity index (χ1n) is 5.10. The van der Waals surface area contributed by atoms with Crippen LogP contribution in [0.3, 0.4) is 0 Å². The van der Waals surface area contributed by atoms with Crippen molar-refractivity contribution in [1.82, 2.24) is 0 Å². The SMILES string of the molecule is COc1cc(C)c(N(C)C(=O)CCl)cc1OC. The van der Waals surface area contributed by atoms with E-state index in [4.69, 9.17) is 21.1 Å². The Balaban J connectivity index is 3.21. The maximum absolute atomic E-state index is 11.5. The highest BCUT2D eigenvalue weighted by molar-refractivity contribution is 6.29. The molecule has 0 aromatic heterocycles. The lowest BCUT2D eigenvalue weighted by atomic mass is 10.1. The number of carbonyl (C=O) groups excluding carboxylic acids is 1. The summed E-state index contributed by atoms with van der Waals surface area (Å²) < 4.78 is 10.4. The maximum Gasteiger partial charge on any atom is 0.241 e. The highest BCUT2D eigenvalue weighted by Crippen LogP contribution is 2.34. The molecule has 0 fully saturated rings. The number of hydrogen-bond acceptors (Lipinski definition) is 3. The third kappa shape index (κ3) is 2.82. The summed E-state index contributed by atoms with van der Waals surface area (Å²) in [4.78, 5) is 13.0. The van der Waals surface area contributed by atoms with E-state index in [2.05, 4.69) is 0 Å². The zero-order valence-corrected chi connectivity index (χ0v) is 11.2. The third-order valence-electron chi connectivity index (χ3n) is 2.55. The topological polar surface area (TPSA) is 38.8 Å². The van der Waals surface area contributed by atoms with Gasteiger partial charge in [-0.05, 0) is 18.6 Å². The number of benzene rings is 1. The molecule has 0 N–H and O–H groups in total. The molecule has 0 atom stereocenters. The Morgan fingerprint density at radius 3 is 2.29 bits per heavy atom. The van der Waals surface area contributed by atoms with Gasteiger partial charge in [0.25, 0.3) is 0 Å². The van der Waals surface area contributed by atoms with Crippen molar-refractivity contribution in [3.8, 4) is 11.5 Å². The number of nitrogens with zero attached hydrogens (tertiary/aromatic N) is 1. The van der Waals surface area contributed by atoms with Gasteiger partial charge < -0.3 is 14.4 Å². The van der Waals surface area contributed by atoms with Gasteiger partial charge in [-0.15, -0.1) is 11.6 Å².